The summed E-state index contributed by atoms with van der Waals surface area (Å²) >= 11 is 1.44. The number of para-hydroxylation sites is 2. The fraction of sp³-hybridized carbons (Fsp3) is 0.217. The van der Waals surface area contributed by atoms with Crippen molar-refractivity contribution in [3.05, 3.63) is 82.3 Å². The summed E-state index contributed by atoms with van der Waals surface area (Å²) in [6.07, 6.45) is 0.753. The van der Waals surface area contributed by atoms with Crippen LogP contribution in [-0.4, -0.2) is 22.6 Å². The zero-order valence-electron chi connectivity index (χ0n) is 16.5. The summed E-state index contributed by atoms with van der Waals surface area (Å²) < 4.78 is 7.46. The maximum Gasteiger partial charge on any atom is 0.261 e. The van der Waals surface area contributed by atoms with Gasteiger partial charge in [-0.15, -0.1) is 11.3 Å². The van der Waals surface area contributed by atoms with Crippen molar-refractivity contribution in [2.45, 2.75) is 25.9 Å². The van der Waals surface area contributed by atoms with Crippen molar-refractivity contribution in [2.75, 3.05) is 7.11 Å². The molecule has 2 aromatic carbocycles. The van der Waals surface area contributed by atoms with Gasteiger partial charge in [0.2, 0.25) is 0 Å². The van der Waals surface area contributed by atoms with Gasteiger partial charge >= 0.3 is 0 Å². The van der Waals surface area contributed by atoms with Gasteiger partial charge in [-0.1, -0.05) is 37.3 Å². The van der Waals surface area contributed by atoms with Gasteiger partial charge in [-0.2, -0.15) is 0 Å². The van der Waals surface area contributed by atoms with E-state index in [1.165, 1.54) is 11.3 Å². The number of benzene rings is 2. The summed E-state index contributed by atoms with van der Waals surface area (Å²) in [4.78, 5) is 18.2. The molecule has 1 N–H and O–H groups in total. The molecular formula is C23H23N3O2S. The molecule has 29 heavy (non-hydrogen) atoms. The average molecular weight is 406 g/mol. The molecule has 2 heterocycles. The highest BCUT2D eigenvalue weighted by Crippen LogP contribution is 2.25. The van der Waals surface area contributed by atoms with E-state index in [-0.39, 0.29) is 11.9 Å². The van der Waals surface area contributed by atoms with Crippen LogP contribution in [0, 0.1) is 0 Å². The van der Waals surface area contributed by atoms with Gasteiger partial charge in [0.05, 0.1) is 29.1 Å². The Bertz CT molecular complexity index is 1100. The Labute approximate surface area is 174 Å². The van der Waals surface area contributed by atoms with Gasteiger partial charge < -0.3 is 14.6 Å². The number of thiophene rings is 1. The molecule has 1 unspecified atom stereocenters. The third kappa shape index (κ3) is 4.03. The van der Waals surface area contributed by atoms with Crippen LogP contribution in [0.2, 0.25) is 0 Å². The lowest BCUT2D eigenvalue weighted by atomic mass is 10.1. The van der Waals surface area contributed by atoms with E-state index in [9.17, 15) is 4.79 Å². The van der Waals surface area contributed by atoms with Crippen molar-refractivity contribution in [3.63, 3.8) is 0 Å². The lowest BCUT2D eigenvalue weighted by Crippen LogP contribution is -2.29. The van der Waals surface area contributed by atoms with Crippen LogP contribution < -0.4 is 10.1 Å². The molecule has 0 aliphatic rings. The highest BCUT2D eigenvalue weighted by molar-refractivity contribution is 7.12. The van der Waals surface area contributed by atoms with Crippen LogP contribution in [0.3, 0.4) is 0 Å². The van der Waals surface area contributed by atoms with Gasteiger partial charge in [-0.3, -0.25) is 4.79 Å². The Balaban J connectivity index is 1.70. The molecule has 0 radical (unpaired) electrons. The number of amides is 1. The van der Waals surface area contributed by atoms with E-state index in [0.717, 1.165) is 34.6 Å². The van der Waals surface area contributed by atoms with Crippen LogP contribution in [0.25, 0.3) is 11.0 Å². The molecule has 4 rings (SSSR count). The van der Waals surface area contributed by atoms with Gasteiger partial charge in [0.25, 0.3) is 5.91 Å². The Morgan fingerprint density at radius 1 is 1.14 bits per heavy atom. The minimum Gasteiger partial charge on any atom is -0.497 e. The van der Waals surface area contributed by atoms with Gasteiger partial charge in [-0.05, 0) is 47.7 Å². The quantitative estimate of drug-likeness (QED) is 0.469. The first kappa shape index (κ1) is 19.2. The number of hydrogen-bond acceptors (Lipinski definition) is 4. The van der Waals surface area contributed by atoms with Crippen molar-refractivity contribution >= 4 is 28.3 Å². The van der Waals surface area contributed by atoms with Crippen LogP contribution in [0.15, 0.2) is 66.0 Å². The van der Waals surface area contributed by atoms with Crippen LogP contribution in [-0.2, 0) is 6.54 Å². The van der Waals surface area contributed by atoms with Crippen LogP contribution in [0.4, 0.5) is 0 Å². The molecule has 4 aromatic rings. The normalized spacial score (nSPS) is 12.1. The Kier molecular flexibility index (Phi) is 5.62. The van der Waals surface area contributed by atoms with E-state index in [0.29, 0.717) is 11.4 Å². The molecule has 148 valence electrons. The molecule has 0 aliphatic heterocycles. The summed E-state index contributed by atoms with van der Waals surface area (Å²) in [7, 11) is 1.67. The van der Waals surface area contributed by atoms with Crippen molar-refractivity contribution in [3.8, 4) is 5.75 Å². The lowest BCUT2D eigenvalue weighted by Gasteiger charge is -2.19. The first-order valence-corrected chi connectivity index (χ1v) is 10.5. The monoisotopic (exact) mass is 405 g/mol. The number of nitrogens with zero attached hydrogens (tertiary/aromatic N) is 2. The molecule has 0 saturated heterocycles. The standard InChI is InChI=1S/C23H23N3O2S/c1-3-18(25-23(27)21-9-6-14-29-21)22-24-19-7-4-5-8-20(19)26(22)15-16-10-12-17(28-2)13-11-16/h4-14,18H,3,15H2,1-2H3,(H,25,27). The highest BCUT2D eigenvalue weighted by atomic mass is 32.1. The second kappa shape index (κ2) is 8.49. The van der Waals surface area contributed by atoms with Gasteiger partial charge in [0.15, 0.2) is 0 Å². The molecule has 0 saturated carbocycles. The summed E-state index contributed by atoms with van der Waals surface area (Å²) in [5, 5.41) is 5.07. The van der Waals surface area contributed by atoms with E-state index >= 15 is 0 Å². The van der Waals surface area contributed by atoms with Crippen molar-refractivity contribution in [1.29, 1.82) is 0 Å². The Hall–Kier alpha value is -3.12. The number of ether oxygens (including phenoxy) is 1. The molecule has 2 aromatic heterocycles. The number of imidazole rings is 1. The van der Waals surface area contributed by atoms with E-state index in [1.807, 2.05) is 47.8 Å². The summed E-state index contributed by atoms with van der Waals surface area (Å²) in [6, 6.07) is 19.7. The topological polar surface area (TPSA) is 56.2 Å². The fourth-order valence-corrected chi connectivity index (χ4v) is 4.05. The Morgan fingerprint density at radius 2 is 1.93 bits per heavy atom. The van der Waals surface area contributed by atoms with Crippen molar-refractivity contribution in [2.24, 2.45) is 0 Å². The number of rotatable bonds is 7. The summed E-state index contributed by atoms with van der Waals surface area (Å²) in [6.45, 7) is 2.74. The number of fused-ring (bicyclic) bond motifs is 1. The molecule has 0 bridgehead atoms. The highest BCUT2D eigenvalue weighted by Gasteiger charge is 2.22. The Morgan fingerprint density at radius 3 is 2.62 bits per heavy atom. The van der Waals surface area contributed by atoms with Gasteiger partial charge in [0, 0.05) is 6.54 Å². The molecule has 1 atom stereocenters. The number of carbonyl (C=O) groups is 1. The van der Waals surface area contributed by atoms with Gasteiger partial charge in [0.1, 0.15) is 11.6 Å². The number of hydrogen-bond donors (Lipinski definition) is 1. The predicted octanol–water partition coefficient (Wildman–Crippen LogP) is 5.04. The molecule has 6 heteroatoms. The second-order valence-electron chi connectivity index (χ2n) is 6.80. The second-order valence-corrected chi connectivity index (χ2v) is 7.75. The largest absolute Gasteiger partial charge is 0.497 e. The minimum absolute atomic E-state index is 0.0603. The van der Waals surface area contributed by atoms with E-state index < -0.39 is 0 Å². The third-order valence-electron chi connectivity index (χ3n) is 4.95. The molecule has 0 aliphatic carbocycles. The van der Waals surface area contributed by atoms with Gasteiger partial charge in [-0.25, -0.2) is 4.98 Å². The first-order valence-electron chi connectivity index (χ1n) is 9.62. The van der Waals surface area contributed by atoms with Crippen LogP contribution in [0.5, 0.6) is 5.75 Å². The third-order valence-corrected chi connectivity index (χ3v) is 5.82. The molecule has 1 amide bonds. The van der Waals surface area contributed by atoms with E-state index in [4.69, 9.17) is 9.72 Å². The number of methoxy groups -OCH3 is 1. The minimum atomic E-state index is -0.171. The smallest absolute Gasteiger partial charge is 0.261 e. The fourth-order valence-electron chi connectivity index (χ4n) is 3.43. The molecule has 0 fully saturated rings. The van der Waals surface area contributed by atoms with Crippen LogP contribution >= 0.6 is 11.3 Å². The van der Waals surface area contributed by atoms with Crippen molar-refractivity contribution < 1.29 is 9.53 Å². The maximum absolute atomic E-state index is 12.7. The van der Waals surface area contributed by atoms with E-state index in [2.05, 4.69) is 35.0 Å². The zero-order chi connectivity index (χ0) is 20.2. The predicted molar refractivity (Wildman–Crippen MR) is 117 cm³/mol. The zero-order valence-corrected chi connectivity index (χ0v) is 17.3. The molecular weight excluding hydrogens is 382 g/mol. The molecule has 0 spiro atoms. The first-order chi connectivity index (χ1) is 14.2. The van der Waals surface area contributed by atoms with Crippen LogP contribution in [0.1, 0.15) is 40.4 Å². The number of aromatic nitrogens is 2. The SMILES string of the molecule is CCC(NC(=O)c1cccs1)c1nc2ccccc2n1Cc1ccc(OC)cc1. The number of carbonyl (C=O) groups excluding carboxylic acids is 1. The maximum atomic E-state index is 12.7. The molecule has 5 nitrogen and oxygen atoms in total. The van der Waals surface area contributed by atoms with E-state index in [1.54, 1.807) is 7.11 Å². The summed E-state index contributed by atoms with van der Waals surface area (Å²) in [5.74, 6) is 1.64. The average Bonchev–Trinajstić information content (AvgIpc) is 3.41. The lowest BCUT2D eigenvalue weighted by molar-refractivity contribution is 0.0937. The summed E-state index contributed by atoms with van der Waals surface area (Å²) in [5.41, 5.74) is 3.14. The number of nitrogens with one attached hydrogen (secondary N) is 1. The van der Waals surface area contributed by atoms with Crippen molar-refractivity contribution in [1.82, 2.24) is 14.9 Å².